The maximum absolute atomic E-state index is 12.0. The van der Waals surface area contributed by atoms with E-state index >= 15 is 0 Å². The molecule has 0 spiro atoms. The molecule has 1 aromatic carbocycles. The zero-order chi connectivity index (χ0) is 13.1. The predicted octanol–water partition coefficient (Wildman–Crippen LogP) is 4.63. The number of benzene rings is 1. The van der Waals surface area contributed by atoms with Crippen molar-refractivity contribution in [2.45, 2.75) is 20.3 Å². The lowest BCUT2D eigenvalue weighted by Crippen LogP contribution is -2.10. The van der Waals surface area contributed by atoms with Crippen molar-refractivity contribution in [1.29, 1.82) is 0 Å². The van der Waals surface area contributed by atoms with Gasteiger partial charge < -0.3 is 5.32 Å². The monoisotopic (exact) mass is 323 g/mol. The summed E-state index contributed by atoms with van der Waals surface area (Å²) in [5, 5.41) is 2.92. The second-order valence-corrected chi connectivity index (χ2v) is 6.17. The molecular formula is C14H14BrNOS. The van der Waals surface area contributed by atoms with Crippen LogP contribution in [-0.4, -0.2) is 5.91 Å². The Balaban J connectivity index is 2.15. The third-order valence-electron chi connectivity index (χ3n) is 2.53. The zero-order valence-electron chi connectivity index (χ0n) is 10.3. The van der Waals surface area contributed by atoms with Crippen molar-refractivity contribution in [3.8, 4) is 0 Å². The molecule has 0 aliphatic heterocycles. The molecular weight excluding hydrogens is 310 g/mol. The van der Waals surface area contributed by atoms with Crippen LogP contribution in [0.3, 0.4) is 0 Å². The van der Waals surface area contributed by atoms with Crippen LogP contribution in [0, 0.1) is 6.92 Å². The summed E-state index contributed by atoms with van der Waals surface area (Å²) in [4.78, 5) is 14.0. The van der Waals surface area contributed by atoms with E-state index in [0.717, 1.165) is 27.0 Å². The van der Waals surface area contributed by atoms with E-state index in [-0.39, 0.29) is 5.91 Å². The summed E-state index contributed by atoms with van der Waals surface area (Å²) in [6.07, 6.45) is 0.966. The van der Waals surface area contributed by atoms with Crippen molar-refractivity contribution in [3.63, 3.8) is 0 Å². The Morgan fingerprint density at radius 1 is 1.33 bits per heavy atom. The Labute approximate surface area is 119 Å². The molecule has 2 nitrogen and oxygen atoms in total. The number of halogens is 1. The fraction of sp³-hybridized carbons (Fsp3) is 0.214. The van der Waals surface area contributed by atoms with Crippen molar-refractivity contribution in [1.82, 2.24) is 0 Å². The highest BCUT2D eigenvalue weighted by atomic mass is 79.9. The molecule has 2 aromatic rings. The number of hydrogen-bond acceptors (Lipinski definition) is 2. The van der Waals surface area contributed by atoms with Crippen LogP contribution in [0.2, 0.25) is 0 Å². The Hall–Kier alpha value is -1.13. The first-order valence-corrected chi connectivity index (χ1v) is 7.36. The van der Waals surface area contributed by atoms with Crippen LogP contribution >= 0.6 is 27.3 Å². The lowest BCUT2D eigenvalue weighted by molar-refractivity contribution is 0.103. The van der Waals surface area contributed by atoms with Crippen LogP contribution in [0.4, 0.5) is 5.69 Å². The highest BCUT2D eigenvalue weighted by molar-refractivity contribution is 9.10. The summed E-state index contributed by atoms with van der Waals surface area (Å²) in [6.45, 7) is 4.09. The fourth-order valence-corrected chi connectivity index (χ4v) is 3.14. The van der Waals surface area contributed by atoms with Gasteiger partial charge in [0.2, 0.25) is 0 Å². The summed E-state index contributed by atoms with van der Waals surface area (Å²) in [5.74, 6) is -0.0443. The van der Waals surface area contributed by atoms with Crippen molar-refractivity contribution >= 4 is 38.9 Å². The molecule has 0 saturated carbocycles. The number of rotatable bonds is 3. The number of carbonyl (C=O) groups is 1. The van der Waals surface area contributed by atoms with Crippen LogP contribution in [0.15, 0.2) is 34.8 Å². The van der Waals surface area contributed by atoms with Crippen LogP contribution < -0.4 is 5.32 Å². The molecule has 0 atom stereocenters. The van der Waals surface area contributed by atoms with Crippen molar-refractivity contribution in [2.24, 2.45) is 0 Å². The van der Waals surface area contributed by atoms with E-state index in [4.69, 9.17) is 0 Å². The normalized spacial score (nSPS) is 10.4. The minimum Gasteiger partial charge on any atom is -0.321 e. The van der Waals surface area contributed by atoms with Gasteiger partial charge in [0, 0.05) is 15.0 Å². The van der Waals surface area contributed by atoms with Gasteiger partial charge in [-0.15, -0.1) is 11.3 Å². The van der Waals surface area contributed by atoms with Gasteiger partial charge in [-0.2, -0.15) is 0 Å². The molecule has 0 radical (unpaired) electrons. The molecule has 4 heteroatoms. The third kappa shape index (κ3) is 3.21. The molecule has 1 aromatic heterocycles. The number of nitrogens with one attached hydrogen (secondary N) is 1. The zero-order valence-corrected chi connectivity index (χ0v) is 12.7. The molecule has 1 amide bonds. The molecule has 2 rings (SSSR count). The first-order valence-electron chi connectivity index (χ1n) is 5.75. The summed E-state index contributed by atoms with van der Waals surface area (Å²) < 4.78 is 0.971. The van der Waals surface area contributed by atoms with Crippen molar-refractivity contribution in [2.75, 3.05) is 5.32 Å². The molecule has 0 aliphatic rings. The van der Waals surface area contributed by atoms with Gasteiger partial charge in [-0.25, -0.2) is 0 Å². The van der Waals surface area contributed by atoms with Crippen molar-refractivity contribution in [3.05, 3.63) is 50.1 Å². The van der Waals surface area contributed by atoms with E-state index in [1.165, 1.54) is 4.88 Å². The fourth-order valence-electron chi connectivity index (χ4n) is 1.69. The van der Waals surface area contributed by atoms with E-state index in [1.807, 2.05) is 37.3 Å². The first kappa shape index (κ1) is 13.3. The largest absolute Gasteiger partial charge is 0.321 e. The number of carbonyl (C=O) groups excluding carboxylic acids is 1. The SMILES string of the molecule is CCc1ccc(C(=O)Nc2cc(C)cc(Br)c2)s1. The summed E-state index contributed by atoms with van der Waals surface area (Å²) in [5.41, 5.74) is 1.93. The maximum atomic E-state index is 12.0. The van der Waals surface area contributed by atoms with Crippen LogP contribution in [0.5, 0.6) is 0 Å². The highest BCUT2D eigenvalue weighted by Crippen LogP contribution is 2.22. The topological polar surface area (TPSA) is 29.1 Å². The number of hydrogen-bond donors (Lipinski definition) is 1. The second-order valence-electron chi connectivity index (χ2n) is 4.09. The van der Waals surface area contributed by atoms with Crippen LogP contribution in [0.25, 0.3) is 0 Å². The smallest absolute Gasteiger partial charge is 0.265 e. The second kappa shape index (κ2) is 5.67. The molecule has 0 saturated heterocycles. The predicted molar refractivity (Wildman–Crippen MR) is 80.5 cm³/mol. The molecule has 0 bridgehead atoms. The minimum absolute atomic E-state index is 0.0443. The van der Waals surface area contributed by atoms with Gasteiger partial charge in [0.1, 0.15) is 0 Å². The third-order valence-corrected chi connectivity index (χ3v) is 4.22. The molecule has 0 fully saturated rings. The highest BCUT2D eigenvalue weighted by Gasteiger charge is 2.09. The Kier molecular flexibility index (Phi) is 4.19. The standard InChI is InChI=1S/C14H14BrNOS/c1-3-12-4-5-13(18-12)14(17)16-11-7-9(2)6-10(15)8-11/h4-8H,3H2,1-2H3,(H,16,17). The van der Waals surface area contributed by atoms with Gasteiger partial charge in [-0.1, -0.05) is 22.9 Å². The van der Waals surface area contributed by atoms with Gasteiger partial charge in [-0.05, 0) is 49.2 Å². The molecule has 1 N–H and O–H groups in total. The first-order chi connectivity index (χ1) is 8.58. The molecule has 94 valence electrons. The van der Waals surface area contributed by atoms with Crippen LogP contribution in [-0.2, 0) is 6.42 Å². The molecule has 18 heavy (non-hydrogen) atoms. The van der Waals surface area contributed by atoms with Crippen molar-refractivity contribution < 1.29 is 4.79 Å². The average molecular weight is 324 g/mol. The maximum Gasteiger partial charge on any atom is 0.265 e. The molecule has 0 aliphatic carbocycles. The van der Waals surface area contributed by atoms with E-state index in [1.54, 1.807) is 11.3 Å². The Morgan fingerprint density at radius 3 is 2.72 bits per heavy atom. The summed E-state index contributed by atoms with van der Waals surface area (Å²) >= 11 is 4.97. The van der Waals surface area contributed by atoms with Gasteiger partial charge >= 0.3 is 0 Å². The van der Waals surface area contributed by atoms with E-state index in [2.05, 4.69) is 28.2 Å². The van der Waals surface area contributed by atoms with E-state index < -0.39 is 0 Å². The average Bonchev–Trinajstić information content (AvgIpc) is 2.75. The molecule has 1 heterocycles. The lowest BCUT2D eigenvalue weighted by atomic mass is 10.2. The number of aryl methyl sites for hydroxylation is 2. The van der Waals surface area contributed by atoms with Gasteiger partial charge in [0.15, 0.2) is 0 Å². The quantitative estimate of drug-likeness (QED) is 0.876. The summed E-state index contributed by atoms with van der Waals surface area (Å²) in [6, 6.07) is 9.75. The van der Waals surface area contributed by atoms with Gasteiger partial charge in [-0.3, -0.25) is 4.79 Å². The molecule has 0 unspecified atom stereocenters. The van der Waals surface area contributed by atoms with E-state index in [0.29, 0.717) is 0 Å². The van der Waals surface area contributed by atoms with E-state index in [9.17, 15) is 4.79 Å². The minimum atomic E-state index is -0.0443. The Morgan fingerprint density at radius 2 is 2.11 bits per heavy atom. The van der Waals surface area contributed by atoms with Gasteiger partial charge in [0.05, 0.1) is 4.88 Å². The summed E-state index contributed by atoms with van der Waals surface area (Å²) in [7, 11) is 0. The number of anilines is 1. The van der Waals surface area contributed by atoms with Gasteiger partial charge in [0.25, 0.3) is 5.91 Å². The van der Waals surface area contributed by atoms with Crippen LogP contribution in [0.1, 0.15) is 27.0 Å². The Bertz CT molecular complexity index is 557. The number of amides is 1. The lowest BCUT2D eigenvalue weighted by Gasteiger charge is -2.05. The number of thiophene rings is 1.